The number of nitrogens with one attached hydrogen (secondary N) is 1. The predicted octanol–water partition coefficient (Wildman–Crippen LogP) is 3.91. The standard InChI is InChI=1S/C22H34N2O3S/c1-17(2)19-10-12-21(13-11-19)28(26,27)24-14-6-9-20(16-24)22(25)23-15-18-7-4-3-5-8-18/h10-13,17-18,20H,3-9,14-16H2,1-2H3,(H,23,25). The van der Waals surface area contributed by atoms with E-state index in [1.165, 1.54) is 36.4 Å². The number of sulfonamides is 1. The van der Waals surface area contributed by atoms with Gasteiger partial charge in [-0.3, -0.25) is 4.79 Å². The van der Waals surface area contributed by atoms with E-state index in [2.05, 4.69) is 19.2 Å². The first-order valence-corrected chi connectivity index (χ1v) is 12.2. The van der Waals surface area contributed by atoms with Gasteiger partial charge in [-0.05, 0) is 55.2 Å². The van der Waals surface area contributed by atoms with Gasteiger partial charge in [-0.25, -0.2) is 8.42 Å². The Bertz CT molecular complexity index is 752. The molecule has 1 saturated carbocycles. The molecule has 1 aromatic carbocycles. The predicted molar refractivity (Wildman–Crippen MR) is 112 cm³/mol. The van der Waals surface area contributed by atoms with Gasteiger partial charge < -0.3 is 5.32 Å². The Kier molecular flexibility index (Phi) is 7.15. The molecular formula is C22H34N2O3S. The summed E-state index contributed by atoms with van der Waals surface area (Å²) < 4.78 is 27.6. The maximum Gasteiger partial charge on any atom is 0.243 e. The second-order valence-electron chi connectivity index (χ2n) is 8.68. The van der Waals surface area contributed by atoms with E-state index >= 15 is 0 Å². The molecule has 1 aliphatic heterocycles. The number of nitrogens with zero attached hydrogens (tertiary/aromatic N) is 1. The van der Waals surface area contributed by atoms with E-state index in [1.54, 1.807) is 12.1 Å². The minimum Gasteiger partial charge on any atom is -0.356 e. The van der Waals surface area contributed by atoms with Crippen LogP contribution in [-0.2, 0) is 14.8 Å². The average Bonchev–Trinajstić information content (AvgIpc) is 2.73. The van der Waals surface area contributed by atoms with E-state index in [-0.39, 0.29) is 18.4 Å². The lowest BCUT2D eigenvalue weighted by Crippen LogP contribution is -2.46. The number of piperidine rings is 1. The Morgan fingerprint density at radius 1 is 1.07 bits per heavy atom. The van der Waals surface area contributed by atoms with E-state index in [4.69, 9.17) is 0 Å². The van der Waals surface area contributed by atoms with Crippen LogP contribution >= 0.6 is 0 Å². The largest absolute Gasteiger partial charge is 0.356 e. The highest BCUT2D eigenvalue weighted by atomic mass is 32.2. The van der Waals surface area contributed by atoms with Crippen LogP contribution in [0.5, 0.6) is 0 Å². The van der Waals surface area contributed by atoms with Gasteiger partial charge in [0, 0.05) is 19.6 Å². The molecule has 1 atom stereocenters. The van der Waals surface area contributed by atoms with E-state index in [9.17, 15) is 13.2 Å². The molecule has 3 rings (SSSR count). The number of carbonyl (C=O) groups is 1. The monoisotopic (exact) mass is 406 g/mol. The molecule has 0 spiro atoms. The molecule has 2 aliphatic rings. The molecule has 28 heavy (non-hydrogen) atoms. The number of amides is 1. The zero-order valence-corrected chi connectivity index (χ0v) is 18.0. The number of hydrogen-bond donors (Lipinski definition) is 1. The molecule has 1 heterocycles. The van der Waals surface area contributed by atoms with Crippen molar-refractivity contribution in [2.45, 2.75) is 69.6 Å². The zero-order chi connectivity index (χ0) is 20.1. The zero-order valence-electron chi connectivity index (χ0n) is 17.2. The van der Waals surface area contributed by atoms with E-state index in [0.717, 1.165) is 24.9 Å². The van der Waals surface area contributed by atoms with Gasteiger partial charge in [0.2, 0.25) is 15.9 Å². The lowest BCUT2D eigenvalue weighted by Gasteiger charge is -2.32. The minimum absolute atomic E-state index is 0.0145. The SMILES string of the molecule is CC(C)c1ccc(S(=O)(=O)N2CCCC(C(=O)NCC3CCCCC3)C2)cc1. The molecule has 156 valence electrons. The number of hydrogen-bond acceptors (Lipinski definition) is 3. The summed E-state index contributed by atoms with van der Waals surface area (Å²) in [7, 11) is -3.55. The van der Waals surface area contributed by atoms with Crippen LogP contribution in [-0.4, -0.2) is 38.3 Å². The molecule has 0 bridgehead atoms. The Morgan fingerprint density at radius 3 is 2.39 bits per heavy atom. The maximum absolute atomic E-state index is 13.0. The summed E-state index contributed by atoms with van der Waals surface area (Å²) in [5.41, 5.74) is 1.12. The van der Waals surface area contributed by atoms with Gasteiger partial charge in [-0.2, -0.15) is 4.31 Å². The van der Waals surface area contributed by atoms with Crippen molar-refractivity contribution in [1.82, 2.24) is 9.62 Å². The number of carbonyl (C=O) groups excluding carboxylic acids is 1. The molecule has 0 aromatic heterocycles. The maximum atomic E-state index is 13.0. The highest BCUT2D eigenvalue weighted by Gasteiger charge is 2.33. The van der Waals surface area contributed by atoms with Gasteiger partial charge >= 0.3 is 0 Å². The third-order valence-electron chi connectivity index (χ3n) is 6.23. The Hall–Kier alpha value is -1.40. The van der Waals surface area contributed by atoms with Gasteiger partial charge in [-0.1, -0.05) is 45.2 Å². The van der Waals surface area contributed by atoms with Gasteiger partial charge in [0.15, 0.2) is 0 Å². The lowest BCUT2D eigenvalue weighted by atomic mass is 9.89. The highest BCUT2D eigenvalue weighted by Crippen LogP contribution is 2.26. The van der Waals surface area contributed by atoms with Gasteiger partial charge in [0.25, 0.3) is 0 Å². The van der Waals surface area contributed by atoms with Gasteiger partial charge in [0.1, 0.15) is 0 Å². The topological polar surface area (TPSA) is 66.5 Å². The summed E-state index contributed by atoms with van der Waals surface area (Å²) in [6, 6.07) is 7.15. The third-order valence-corrected chi connectivity index (χ3v) is 8.11. The smallest absolute Gasteiger partial charge is 0.243 e. The Balaban J connectivity index is 1.60. The van der Waals surface area contributed by atoms with Crippen molar-refractivity contribution >= 4 is 15.9 Å². The Morgan fingerprint density at radius 2 is 1.75 bits per heavy atom. The van der Waals surface area contributed by atoms with E-state index in [1.807, 2.05) is 12.1 Å². The third kappa shape index (κ3) is 5.15. The summed E-state index contributed by atoms with van der Waals surface area (Å²) in [5, 5.41) is 3.09. The molecule has 1 aliphatic carbocycles. The summed E-state index contributed by atoms with van der Waals surface area (Å²) in [6.45, 7) is 5.68. The van der Waals surface area contributed by atoms with E-state index < -0.39 is 10.0 Å². The van der Waals surface area contributed by atoms with Crippen molar-refractivity contribution in [2.75, 3.05) is 19.6 Å². The lowest BCUT2D eigenvalue weighted by molar-refractivity contribution is -0.126. The van der Waals surface area contributed by atoms with E-state index in [0.29, 0.717) is 23.3 Å². The molecule has 1 saturated heterocycles. The average molecular weight is 407 g/mol. The summed E-state index contributed by atoms with van der Waals surface area (Å²) >= 11 is 0. The van der Waals surface area contributed by atoms with Crippen LogP contribution in [0.4, 0.5) is 0 Å². The molecule has 1 amide bonds. The van der Waals surface area contributed by atoms with Crippen molar-refractivity contribution in [1.29, 1.82) is 0 Å². The fraction of sp³-hybridized carbons (Fsp3) is 0.682. The first-order chi connectivity index (χ1) is 13.4. The summed E-state index contributed by atoms with van der Waals surface area (Å²) in [4.78, 5) is 13.0. The molecule has 0 radical (unpaired) electrons. The van der Waals surface area contributed by atoms with Crippen molar-refractivity contribution < 1.29 is 13.2 Å². The van der Waals surface area contributed by atoms with Crippen molar-refractivity contribution in [3.8, 4) is 0 Å². The highest BCUT2D eigenvalue weighted by molar-refractivity contribution is 7.89. The molecule has 1 N–H and O–H groups in total. The molecule has 1 unspecified atom stereocenters. The van der Waals surface area contributed by atoms with Crippen LogP contribution in [0.25, 0.3) is 0 Å². The quantitative estimate of drug-likeness (QED) is 0.779. The molecular weight excluding hydrogens is 372 g/mol. The normalized spacial score (nSPS) is 22.3. The summed E-state index contributed by atoms with van der Waals surface area (Å²) in [5.74, 6) is 0.715. The number of benzene rings is 1. The van der Waals surface area contributed by atoms with Crippen molar-refractivity contribution in [2.24, 2.45) is 11.8 Å². The van der Waals surface area contributed by atoms with Crippen LogP contribution in [0.3, 0.4) is 0 Å². The molecule has 5 nitrogen and oxygen atoms in total. The Labute approximate surface area is 169 Å². The molecule has 2 fully saturated rings. The van der Waals surface area contributed by atoms with Crippen LogP contribution in [0.2, 0.25) is 0 Å². The second-order valence-corrected chi connectivity index (χ2v) is 10.6. The number of rotatable bonds is 6. The van der Waals surface area contributed by atoms with Crippen LogP contribution < -0.4 is 5.32 Å². The fourth-order valence-corrected chi connectivity index (χ4v) is 5.85. The van der Waals surface area contributed by atoms with Crippen LogP contribution in [0.1, 0.15) is 70.3 Å². The van der Waals surface area contributed by atoms with Gasteiger partial charge in [0.05, 0.1) is 10.8 Å². The fourth-order valence-electron chi connectivity index (χ4n) is 4.33. The van der Waals surface area contributed by atoms with Crippen molar-refractivity contribution in [3.05, 3.63) is 29.8 Å². The second kappa shape index (κ2) is 9.40. The summed E-state index contributed by atoms with van der Waals surface area (Å²) in [6.07, 6.45) is 7.69. The minimum atomic E-state index is -3.55. The van der Waals surface area contributed by atoms with Crippen molar-refractivity contribution in [3.63, 3.8) is 0 Å². The van der Waals surface area contributed by atoms with Gasteiger partial charge in [-0.15, -0.1) is 0 Å². The first-order valence-electron chi connectivity index (χ1n) is 10.8. The van der Waals surface area contributed by atoms with Crippen LogP contribution in [0, 0.1) is 11.8 Å². The molecule has 1 aromatic rings. The molecule has 6 heteroatoms. The first kappa shape index (κ1) is 21.3. The van der Waals surface area contributed by atoms with Crippen LogP contribution in [0.15, 0.2) is 29.2 Å².